The second kappa shape index (κ2) is 20.7. The van der Waals surface area contributed by atoms with E-state index >= 15 is 0 Å². The van der Waals surface area contributed by atoms with Crippen molar-refractivity contribution in [3.8, 4) is 0 Å². The molecule has 1 aliphatic carbocycles. The Morgan fingerprint density at radius 2 is 1.61 bits per heavy atom. The van der Waals surface area contributed by atoms with Crippen molar-refractivity contribution in [3.63, 3.8) is 0 Å². The van der Waals surface area contributed by atoms with Gasteiger partial charge in [0.05, 0.1) is 29.8 Å². The number of hydrogen-bond acceptors (Lipinski definition) is 11. The number of Topliss-reactive ketones (excluding diaryl/α,β-unsaturated/α-hetero) is 2. The number of halogens is 1. The lowest BCUT2D eigenvalue weighted by Crippen LogP contribution is -2.64. The van der Waals surface area contributed by atoms with Gasteiger partial charge in [0.15, 0.2) is 5.78 Å². The number of allylic oxidation sites excluding steroid dienone is 3. The number of ether oxygens (including phenoxy) is 5. The van der Waals surface area contributed by atoms with Gasteiger partial charge in [-0.2, -0.15) is 0 Å². The molecule has 0 aromatic carbocycles. The molecule has 318 valence electrons. The smallest absolute Gasteiger partial charge is 0.329 e. The number of aliphatic hydroxyl groups is 2. The third-order valence-corrected chi connectivity index (χ3v) is 13.3. The topological polar surface area (TPSA) is 158 Å². The molecule has 4 rings (SSSR count). The number of carbonyl (C=O) groups excluding carboxylic acids is 4. The van der Waals surface area contributed by atoms with Crippen LogP contribution in [-0.2, 0) is 42.9 Å². The molecule has 2 saturated heterocycles. The SMILES string of the molecule is CC/C1=C\C(C)C[C@H](C)C[C@H](OC)[C@H]2O[C@@](O)(C(=O)C(=O)N3CCCC[C@H]3C(=O)O[C@H](C(C)=C[C@@H]3CC[C@H](Cl)[C@H](OC)C3)[C@H](C)[C@@H](O)CC1=O)[C@H](C)C[C@@H]2OC. The van der Waals surface area contributed by atoms with Crippen LogP contribution in [0.25, 0.3) is 0 Å². The van der Waals surface area contributed by atoms with Crippen LogP contribution in [0.2, 0.25) is 0 Å². The van der Waals surface area contributed by atoms with Crippen LogP contribution < -0.4 is 0 Å². The van der Waals surface area contributed by atoms with E-state index in [0.717, 1.165) is 12.8 Å². The number of ketones is 2. The number of alkyl halides is 1. The van der Waals surface area contributed by atoms with E-state index in [9.17, 15) is 29.4 Å². The van der Waals surface area contributed by atoms with Gasteiger partial charge in [-0.3, -0.25) is 14.4 Å². The molecule has 3 aliphatic heterocycles. The Balaban J connectivity index is 1.76. The number of cyclic esters (lactones) is 1. The fourth-order valence-electron chi connectivity index (χ4n) is 9.39. The van der Waals surface area contributed by atoms with Gasteiger partial charge in [-0.05, 0) is 100 Å². The number of aliphatic hydroxyl groups excluding tert-OH is 1. The van der Waals surface area contributed by atoms with Crippen LogP contribution in [0.1, 0.15) is 112 Å². The van der Waals surface area contributed by atoms with Crippen molar-refractivity contribution in [1.82, 2.24) is 4.90 Å². The molecule has 3 fully saturated rings. The predicted octanol–water partition coefficient (Wildman–Crippen LogP) is 5.72. The number of nitrogens with zero attached hydrogens (tertiary/aromatic N) is 1. The first-order chi connectivity index (χ1) is 26.5. The fourth-order valence-corrected chi connectivity index (χ4v) is 9.72. The number of fused-ring (bicyclic) bond motifs is 3. The van der Waals surface area contributed by atoms with Crippen LogP contribution in [0.15, 0.2) is 23.3 Å². The summed E-state index contributed by atoms with van der Waals surface area (Å²) in [5.41, 5.74) is 1.32. The van der Waals surface area contributed by atoms with Gasteiger partial charge in [0.25, 0.3) is 11.7 Å². The van der Waals surface area contributed by atoms with Crippen LogP contribution in [0.4, 0.5) is 0 Å². The maximum atomic E-state index is 14.3. The predicted molar refractivity (Wildman–Crippen MR) is 212 cm³/mol. The van der Waals surface area contributed by atoms with Crippen LogP contribution in [0, 0.1) is 29.6 Å². The van der Waals surface area contributed by atoms with Gasteiger partial charge in [-0.15, -0.1) is 11.6 Å². The van der Waals surface area contributed by atoms with Gasteiger partial charge in [-0.25, -0.2) is 4.79 Å². The molecule has 13 heteroatoms. The summed E-state index contributed by atoms with van der Waals surface area (Å²) in [7, 11) is 4.72. The van der Waals surface area contributed by atoms with E-state index in [4.69, 9.17) is 35.3 Å². The normalized spacial score (nSPS) is 41.6. The van der Waals surface area contributed by atoms with Crippen molar-refractivity contribution in [2.24, 2.45) is 29.6 Å². The molecule has 2 bridgehead atoms. The maximum absolute atomic E-state index is 14.3. The lowest BCUT2D eigenvalue weighted by molar-refractivity contribution is -0.302. The van der Waals surface area contributed by atoms with E-state index in [-0.39, 0.29) is 60.8 Å². The summed E-state index contributed by atoms with van der Waals surface area (Å²) in [6, 6.07) is -1.12. The highest BCUT2D eigenvalue weighted by molar-refractivity contribution is 6.39. The second-order valence-corrected chi connectivity index (χ2v) is 17.6. The highest BCUT2D eigenvalue weighted by atomic mass is 35.5. The first-order valence-electron chi connectivity index (χ1n) is 20.8. The first-order valence-corrected chi connectivity index (χ1v) is 21.2. The molecule has 0 spiro atoms. The van der Waals surface area contributed by atoms with E-state index in [1.807, 2.05) is 32.9 Å². The number of amides is 1. The largest absolute Gasteiger partial charge is 0.456 e. The number of methoxy groups -OCH3 is 3. The lowest BCUT2D eigenvalue weighted by Gasteiger charge is -2.47. The molecule has 12 nitrogen and oxygen atoms in total. The quantitative estimate of drug-likeness (QED) is 0.146. The van der Waals surface area contributed by atoms with Gasteiger partial charge in [-0.1, -0.05) is 46.8 Å². The lowest BCUT2D eigenvalue weighted by atomic mass is 9.81. The molecule has 1 unspecified atom stereocenters. The van der Waals surface area contributed by atoms with Crippen molar-refractivity contribution in [1.29, 1.82) is 0 Å². The highest BCUT2D eigenvalue weighted by Gasteiger charge is 2.56. The molecule has 0 aromatic heterocycles. The summed E-state index contributed by atoms with van der Waals surface area (Å²) < 4.78 is 29.9. The zero-order valence-electron chi connectivity index (χ0n) is 35.0. The Labute approximate surface area is 339 Å². The average Bonchev–Trinajstić information content (AvgIpc) is 3.18. The fraction of sp³-hybridized carbons (Fsp3) is 0.814. The maximum Gasteiger partial charge on any atom is 0.329 e. The molecular weight excluding hydrogens is 742 g/mol. The zero-order valence-corrected chi connectivity index (χ0v) is 35.8. The monoisotopic (exact) mass is 809 g/mol. The van der Waals surface area contributed by atoms with E-state index in [2.05, 4.69) is 6.92 Å². The van der Waals surface area contributed by atoms with Crippen molar-refractivity contribution in [2.45, 2.75) is 166 Å². The highest BCUT2D eigenvalue weighted by Crippen LogP contribution is 2.39. The second-order valence-electron chi connectivity index (χ2n) is 17.1. The third kappa shape index (κ3) is 10.9. The average molecular weight is 810 g/mol. The van der Waals surface area contributed by atoms with Crippen LogP contribution in [-0.4, -0.2) is 120 Å². The molecule has 0 aromatic rings. The number of piperidine rings is 1. The molecule has 2 N–H and O–H groups in total. The summed E-state index contributed by atoms with van der Waals surface area (Å²) in [5.74, 6) is -6.93. The summed E-state index contributed by atoms with van der Waals surface area (Å²) in [5, 5.41) is 23.6. The van der Waals surface area contributed by atoms with E-state index < -0.39 is 71.8 Å². The van der Waals surface area contributed by atoms with Crippen LogP contribution in [0.3, 0.4) is 0 Å². The van der Waals surface area contributed by atoms with Crippen molar-refractivity contribution >= 4 is 35.0 Å². The van der Waals surface area contributed by atoms with Crippen molar-refractivity contribution < 1.29 is 53.1 Å². The Bertz CT molecular complexity index is 1440. The Kier molecular flexibility index (Phi) is 17.2. The molecule has 3 heterocycles. The first kappa shape index (κ1) is 46.5. The summed E-state index contributed by atoms with van der Waals surface area (Å²) in [4.78, 5) is 57.7. The molecule has 0 radical (unpaired) electrons. The Morgan fingerprint density at radius 3 is 2.25 bits per heavy atom. The van der Waals surface area contributed by atoms with Crippen molar-refractivity contribution in [2.75, 3.05) is 27.9 Å². The Morgan fingerprint density at radius 1 is 0.946 bits per heavy atom. The van der Waals surface area contributed by atoms with Gasteiger partial charge in [0.2, 0.25) is 5.79 Å². The van der Waals surface area contributed by atoms with E-state index in [1.54, 1.807) is 21.0 Å². The minimum absolute atomic E-state index is 0.00186. The van der Waals surface area contributed by atoms with Crippen LogP contribution in [0.5, 0.6) is 0 Å². The minimum atomic E-state index is -2.49. The zero-order chi connectivity index (χ0) is 41.5. The summed E-state index contributed by atoms with van der Waals surface area (Å²) in [6.45, 7) is 11.4. The Hall–Kier alpha value is -2.19. The van der Waals surface area contributed by atoms with Crippen molar-refractivity contribution in [3.05, 3.63) is 23.3 Å². The number of carbonyl (C=O) groups is 4. The van der Waals surface area contributed by atoms with Gasteiger partial charge in [0, 0.05) is 46.1 Å². The molecule has 56 heavy (non-hydrogen) atoms. The minimum Gasteiger partial charge on any atom is -0.456 e. The molecule has 4 aliphatic rings. The number of rotatable bonds is 6. The third-order valence-electron chi connectivity index (χ3n) is 12.8. The summed E-state index contributed by atoms with van der Waals surface area (Å²) in [6.07, 6.45) is 5.14. The number of hydrogen-bond donors (Lipinski definition) is 2. The molecule has 14 atom stereocenters. The van der Waals surface area contributed by atoms with E-state index in [1.165, 1.54) is 19.1 Å². The number of esters is 1. The molecule has 1 saturated carbocycles. The van der Waals surface area contributed by atoms with Crippen LogP contribution >= 0.6 is 11.6 Å². The standard InChI is InChI=1S/C43H68ClNO11/c1-10-30-18-24(2)17-25(3)19-36(53-8)39-37(54-9)21-27(5)43(51,56-39)40(48)41(49)45-16-12-11-13-32(45)42(50)55-38(28(6)33(46)23-34(30)47)26(4)20-29-14-15-31(44)35(22-29)52-7/h18,20,24-25,27-29,31-33,35-39,46,51H,10-17,19,21-23H2,1-9H3/b26-20?,30-18+/t24?,25-,27+,28+,29-,31-,32-,33-,35+,36-,37-,38+,39+,43+/m0/s1. The van der Waals surface area contributed by atoms with Gasteiger partial charge >= 0.3 is 5.97 Å². The molecular formula is C43H68ClNO11. The molecule has 1 amide bonds. The van der Waals surface area contributed by atoms with Gasteiger partial charge < -0.3 is 38.8 Å². The van der Waals surface area contributed by atoms with E-state index in [0.29, 0.717) is 49.7 Å². The van der Waals surface area contributed by atoms with Gasteiger partial charge in [0.1, 0.15) is 18.2 Å². The summed E-state index contributed by atoms with van der Waals surface area (Å²) >= 11 is 6.52.